The predicted octanol–water partition coefficient (Wildman–Crippen LogP) is 2.05. The topological polar surface area (TPSA) is 123 Å². The van der Waals surface area contributed by atoms with E-state index in [1.54, 1.807) is 24.3 Å². The van der Waals surface area contributed by atoms with Crippen molar-refractivity contribution in [2.75, 3.05) is 37.5 Å². The van der Waals surface area contributed by atoms with Crippen molar-refractivity contribution in [2.24, 2.45) is 0 Å². The van der Waals surface area contributed by atoms with Crippen LogP contribution in [0.2, 0.25) is 0 Å². The lowest BCUT2D eigenvalue weighted by molar-refractivity contribution is 0.102. The number of anilines is 2. The van der Waals surface area contributed by atoms with Gasteiger partial charge in [-0.1, -0.05) is 12.0 Å². The van der Waals surface area contributed by atoms with E-state index in [1.807, 2.05) is 0 Å². The largest absolute Gasteiger partial charge is 0.447 e. The Balaban J connectivity index is 2.01. The molecule has 30 heavy (non-hydrogen) atoms. The molecule has 0 aromatic heterocycles. The molecule has 9 nitrogen and oxygen atoms in total. The van der Waals surface area contributed by atoms with E-state index >= 15 is 0 Å². The molecule has 0 fully saturated rings. The Hall–Kier alpha value is -3.39. The summed E-state index contributed by atoms with van der Waals surface area (Å²) < 4.78 is 36.0. The molecule has 0 heterocycles. The molecular weight excluding hydrogens is 410 g/mol. The zero-order valence-electron chi connectivity index (χ0n) is 16.2. The summed E-state index contributed by atoms with van der Waals surface area (Å²) in [5.74, 6) is 1.74. The highest BCUT2D eigenvalue weighted by atomic mass is 32.2. The number of nitrogens with one attached hydrogen (secondary N) is 3. The molecule has 0 unspecified atom stereocenters. The minimum Gasteiger partial charge on any atom is -0.447 e. The third-order valence-corrected chi connectivity index (χ3v) is 5.10. The zero-order chi connectivity index (χ0) is 22.0. The lowest BCUT2D eigenvalue weighted by atomic mass is 10.2. The van der Waals surface area contributed by atoms with Gasteiger partial charge in [0, 0.05) is 24.0 Å². The average molecular weight is 431 g/mol. The highest BCUT2D eigenvalue weighted by molar-refractivity contribution is 7.89. The maximum absolute atomic E-state index is 12.4. The van der Waals surface area contributed by atoms with Crippen LogP contribution in [-0.2, 0) is 19.5 Å². The summed E-state index contributed by atoms with van der Waals surface area (Å²) in [6.45, 7) is 0.265. The standard InChI is InChI=1S/C20H21N3O6S/c1-3-11-21-30(26,27)18-9-7-15(8-10-18)19(24)22-16-5-4-6-17(14-16)23-20(25)29-13-12-28-2/h1,4-10,14,21H,11-13H2,2H3,(H,22,24)(H,23,25). The normalized spacial score (nSPS) is 10.7. The van der Waals surface area contributed by atoms with Crippen molar-refractivity contribution in [3.05, 3.63) is 54.1 Å². The van der Waals surface area contributed by atoms with Gasteiger partial charge in [-0.2, -0.15) is 4.72 Å². The Bertz CT molecular complexity index is 1030. The van der Waals surface area contributed by atoms with Crippen LogP contribution in [0.25, 0.3) is 0 Å². The molecule has 0 saturated heterocycles. The molecule has 0 aliphatic carbocycles. The van der Waals surface area contributed by atoms with Crippen LogP contribution >= 0.6 is 0 Å². The Morgan fingerprint density at radius 2 is 1.70 bits per heavy atom. The maximum Gasteiger partial charge on any atom is 0.411 e. The Kier molecular flexibility index (Phi) is 8.37. The summed E-state index contributed by atoms with van der Waals surface area (Å²) in [7, 11) is -2.24. The van der Waals surface area contributed by atoms with Crippen molar-refractivity contribution in [2.45, 2.75) is 4.90 Å². The fraction of sp³-hybridized carbons (Fsp3) is 0.200. The number of amides is 2. The first kappa shape index (κ1) is 22.9. The van der Waals surface area contributed by atoms with Gasteiger partial charge in [-0.25, -0.2) is 13.2 Å². The highest BCUT2D eigenvalue weighted by Crippen LogP contribution is 2.17. The van der Waals surface area contributed by atoms with Gasteiger partial charge < -0.3 is 14.8 Å². The quantitative estimate of drug-likeness (QED) is 0.413. The van der Waals surface area contributed by atoms with E-state index in [2.05, 4.69) is 21.3 Å². The first-order valence-corrected chi connectivity index (χ1v) is 10.2. The monoisotopic (exact) mass is 431 g/mol. The molecule has 158 valence electrons. The predicted molar refractivity (Wildman–Crippen MR) is 112 cm³/mol. The van der Waals surface area contributed by atoms with E-state index in [9.17, 15) is 18.0 Å². The number of methoxy groups -OCH3 is 1. The number of sulfonamides is 1. The van der Waals surface area contributed by atoms with Crippen LogP contribution in [0.4, 0.5) is 16.2 Å². The number of benzene rings is 2. The van der Waals surface area contributed by atoms with E-state index in [1.165, 1.54) is 31.4 Å². The third kappa shape index (κ3) is 6.89. The smallest absolute Gasteiger partial charge is 0.411 e. The fourth-order valence-electron chi connectivity index (χ4n) is 2.26. The van der Waals surface area contributed by atoms with E-state index in [0.29, 0.717) is 11.4 Å². The van der Waals surface area contributed by atoms with Crippen LogP contribution in [0.5, 0.6) is 0 Å². The summed E-state index contributed by atoms with van der Waals surface area (Å²) >= 11 is 0. The van der Waals surface area contributed by atoms with E-state index in [-0.39, 0.29) is 30.2 Å². The minimum atomic E-state index is -3.73. The van der Waals surface area contributed by atoms with Crippen LogP contribution in [0.1, 0.15) is 10.4 Å². The van der Waals surface area contributed by atoms with Crippen molar-refractivity contribution >= 4 is 33.4 Å². The van der Waals surface area contributed by atoms with Gasteiger partial charge in [-0.15, -0.1) is 6.42 Å². The molecule has 0 atom stereocenters. The van der Waals surface area contributed by atoms with E-state index in [4.69, 9.17) is 15.9 Å². The van der Waals surface area contributed by atoms with Gasteiger partial charge in [0.25, 0.3) is 5.91 Å². The number of hydrogen-bond acceptors (Lipinski definition) is 6. The molecule has 0 bridgehead atoms. The zero-order valence-corrected chi connectivity index (χ0v) is 17.0. The molecule has 0 aliphatic rings. The van der Waals surface area contributed by atoms with Crippen LogP contribution < -0.4 is 15.4 Å². The van der Waals surface area contributed by atoms with Crippen LogP contribution in [-0.4, -0.2) is 47.3 Å². The molecule has 0 radical (unpaired) electrons. The summed E-state index contributed by atoms with van der Waals surface area (Å²) in [5.41, 5.74) is 1.11. The summed E-state index contributed by atoms with van der Waals surface area (Å²) in [6.07, 6.45) is 4.40. The molecule has 0 spiro atoms. The molecule has 2 aromatic carbocycles. The molecule has 2 amide bonds. The number of carbonyl (C=O) groups is 2. The van der Waals surface area contributed by atoms with Gasteiger partial charge in [0.15, 0.2) is 0 Å². The molecule has 3 N–H and O–H groups in total. The Morgan fingerprint density at radius 3 is 2.33 bits per heavy atom. The lowest BCUT2D eigenvalue weighted by Crippen LogP contribution is -2.24. The van der Waals surface area contributed by atoms with Crippen LogP contribution in [0.3, 0.4) is 0 Å². The van der Waals surface area contributed by atoms with Gasteiger partial charge in [0.1, 0.15) is 6.61 Å². The fourth-order valence-corrected chi connectivity index (χ4v) is 3.19. The summed E-state index contributed by atoms with van der Waals surface area (Å²) in [5, 5.41) is 5.21. The lowest BCUT2D eigenvalue weighted by Gasteiger charge is -2.10. The van der Waals surface area contributed by atoms with Gasteiger partial charge in [-0.3, -0.25) is 10.1 Å². The molecule has 2 aromatic rings. The van der Waals surface area contributed by atoms with Crippen LogP contribution in [0.15, 0.2) is 53.4 Å². The summed E-state index contributed by atoms with van der Waals surface area (Å²) in [6, 6.07) is 11.9. The minimum absolute atomic E-state index is 0.00696. The first-order valence-electron chi connectivity index (χ1n) is 8.73. The Labute approximate surface area is 174 Å². The molecule has 0 saturated carbocycles. The van der Waals surface area contributed by atoms with Gasteiger partial charge in [-0.05, 0) is 42.5 Å². The van der Waals surface area contributed by atoms with Gasteiger partial charge >= 0.3 is 6.09 Å². The molecule has 0 aliphatic heterocycles. The van der Waals surface area contributed by atoms with Crippen molar-refractivity contribution in [3.63, 3.8) is 0 Å². The second kappa shape index (κ2) is 11.0. The van der Waals surface area contributed by atoms with Crippen molar-refractivity contribution < 1.29 is 27.5 Å². The van der Waals surface area contributed by atoms with Crippen molar-refractivity contribution in [1.29, 1.82) is 0 Å². The van der Waals surface area contributed by atoms with E-state index in [0.717, 1.165) is 0 Å². The average Bonchev–Trinajstić information content (AvgIpc) is 2.73. The number of rotatable bonds is 9. The second-order valence-corrected chi connectivity index (χ2v) is 7.61. The number of ether oxygens (including phenoxy) is 2. The maximum atomic E-state index is 12.4. The third-order valence-electron chi connectivity index (χ3n) is 3.68. The van der Waals surface area contributed by atoms with Crippen molar-refractivity contribution in [3.8, 4) is 12.3 Å². The van der Waals surface area contributed by atoms with Crippen LogP contribution in [0, 0.1) is 12.3 Å². The number of hydrogen-bond donors (Lipinski definition) is 3. The molecule has 2 rings (SSSR count). The first-order chi connectivity index (χ1) is 14.4. The van der Waals surface area contributed by atoms with Crippen molar-refractivity contribution in [1.82, 2.24) is 4.72 Å². The number of carbonyl (C=O) groups excluding carboxylic acids is 2. The highest BCUT2D eigenvalue weighted by Gasteiger charge is 2.14. The molecule has 10 heteroatoms. The van der Waals surface area contributed by atoms with E-state index < -0.39 is 22.0 Å². The number of terminal acetylenes is 1. The molecular formula is C20H21N3O6S. The van der Waals surface area contributed by atoms with Gasteiger partial charge in [0.2, 0.25) is 10.0 Å². The summed E-state index contributed by atoms with van der Waals surface area (Å²) in [4.78, 5) is 24.1. The SMILES string of the molecule is C#CCNS(=O)(=O)c1ccc(C(=O)Nc2cccc(NC(=O)OCCOC)c2)cc1. The van der Waals surface area contributed by atoms with Gasteiger partial charge in [0.05, 0.1) is 18.0 Å². The Morgan fingerprint density at radius 1 is 1.03 bits per heavy atom. The second-order valence-electron chi connectivity index (χ2n) is 5.84.